The summed E-state index contributed by atoms with van der Waals surface area (Å²) in [7, 11) is 1.74. The Kier molecular flexibility index (Phi) is 3.04. The average molecular weight is 191 g/mol. The van der Waals surface area contributed by atoms with Gasteiger partial charge in [0.1, 0.15) is 5.75 Å². The second-order valence-corrected chi connectivity index (χ2v) is 3.80. The Morgan fingerprint density at radius 3 is 2.64 bits per heavy atom. The number of ether oxygens (including phenoxy) is 1. The van der Waals surface area contributed by atoms with E-state index in [1.807, 2.05) is 12.1 Å². The third-order valence-corrected chi connectivity index (χ3v) is 2.79. The topological polar surface area (TPSA) is 12.5 Å². The molecule has 14 heavy (non-hydrogen) atoms. The molecule has 0 bridgehead atoms. The van der Waals surface area contributed by atoms with E-state index in [0.717, 1.165) is 12.3 Å². The van der Waals surface area contributed by atoms with Gasteiger partial charge in [0.15, 0.2) is 0 Å². The lowest BCUT2D eigenvalue weighted by Crippen LogP contribution is -2.18. The highest BCUT2D eigenvalue weighted by Gasteiger charge is 2.13. The number of hydrogen-bond donors (Lipinski definition) is 0. The molecule has 2 rings (SSSR count). The van der Waals surface area contributed by atoms with Crippen LogP contribution in [-0.4, -0.2) is 25.1 Å². The van der Waals surface area contributed by atoms with Crippen LogP contribution in [0.25, 0.3) is 0 Å². The third kappa shape index (κ3) is 2.07. The van der Waals surface area contributed by atoms with Gasteiger partial charge < -0.3 is 4.74 Å². The molecule has 0 saturated carbocycles. The summed E-state index contributed by atoms with van der Waals surface area (Å²) < 4.78 is 5.33. The second-order valence-electron chi connectivity index (χ2n) is 3.80. The van der Waals surface area contributed by atoms with E-state index in [-0.39, 0.29) is 0 Å². The lowest BCUT2D eigenvalue weighted by Gasteiger charge is -2.16. The number of likely N-dealkylation sites (tertiary alicyclic amines) is 1. The van der Waals surface area contributed by atoms with Crippen LogP contribution < -0.4 is 4.74 Å². The molecule has 0 spiro atoms. The third-order valence-electron chi connectivity index (χ3n) is 2.79. The highest BCUT2D eigenvalue weighted by molar-refractivity contribution is 5.33. The normalized spacial score (nSPS) is 17.2. The molecule has 2 nitrogen and oxygen atoms in total. The fourth-order valence-electron chi connectivity index (χ4n) is 2.02. The highest BCUT2D eigenvalue weighted by atomic mass is 16.5. The van der Waals surface area contributed by atoms with Gasteiger partial charge in [-0.3, -0.25) is 4.90 Å². The first kappa shape index (κ1) is 9.53. The van der Waals surface area contributed by atoms with E-state index in [4.69, 9.17) is 4.74 Å². The van der Waals surface area contributed by atoms with E-state index in [1.165, 1.54) is 31.5 Å². The van der Waals surface area contributed by atoms with Gasteiger partial charge in [-0.05, 0) is 32.0 Å². The predicted octanol–water partition coefficient (Wildman–Crippen LogP) is 2.29. The number of nitrogens with zero attached hydrogens (tertiary/aromatic N) is 1. The quantitative estimate of drug-likeness (QED) is 0.727. The molecule has 0 N–H and O–H groups in total. The van der Waals surface area contributed by atoms with Crippen LogP contribution >= 0.6 is 0 Å². The molecule has 1 aromatic carbocycles. The van der Waals surface area contributed by atoms with Crippen LogP contribution in [0, 0.1) is 0 Å². The maximum Gasteiger partial charge on any atom is 0.123 e. The molecule has 0 unspecified atom stereocenters. The molecule has 1 saturated heterocycles. The molecule has 1 aromatic rings. The van der Waals surface area contributed by atoms with Gasteiger partial charge in [-0.15, -0.1) is 0 Å². The van der Waals surface area contributed by atoms with Gasteiger partial charge in [0.2, 0.25) is 0 Å². The van der Waals surface area contributed by atoms with Crippen LogP contribution in [0.4, 0.5) is 0 Å². The van der Waals surface area contributed by atoms with Crippen LogP contribution in [0.5, 0.6) is 5.75 Å². The lowest BCUT2D eigenvalue weighted by atomic mass is 10.2. The zero-order valence-electron chi connectivity index (χ0n) is 8.70. The fraction of sp³-hybridized carbons (Fsp3) is 0.500. The van der Waals surface area contributed by atoms with Crippen molar-refractivity contribution in [2.75, 3.05) is 20.2 Å². The summed E-state index contributed by atoms with van der Waals surface area (Å²) in [6.45, 7) is 3.50. The molecule has 76 valence electrons. The van der Waals surface area contributed by atoms with Gasteiger partial charge in [0, 0.05) is 12.1 Å². The first-order valence-corrected chi connectivity index (χ1v) is 5.24. The van der Waals surface area contributed by atoms with Gasteiger partial charge in [-0.2, -0.15) is 0 Å². The van der Waals surface area contributed by atoms with Crippen molar-refractivity contribution in [3.05, 3.63) is 29.8 Å². The highest BCUT2D eigenvalue weighted by Crippen LogP contribution is 2.21. The van der Waals surface area contributed by atoms with Crippen molar-refractivity contribution in [3.8, 4) is 5.75 Å². The summed E-state index contributed by atoms with van der Waals surface area (Å²) in [5, 5.41) is 0. The van der Waals surface area contributed by atoms with E-state index >= 15 is 0 Å². The van der Waals surface area contributed by atoms with Crippen molar-refractivity contribution in [2.24, 2.45) is 0 Å². The van der Waals surface area contributed by atoms with Crippen molar-refractivity contribution in [2.45, 2.75) is 19.4 Å². The largest absolute Gasteiger partial charge is 0.496 e. The summed E-state index contributed by atoms with van der Waals surface area (Å²) >= 11 is 0. The molecular weight excluding hydrogens is 174 g/mol. The van der Waals surface area contributed by atoms with Gasteiger partial charge in [0.25, 0.3) is 0 Å². The van der Waals surface area contributed by atoms with E-state index in [1.54, 1.807) is 7.11 Å². The predicted molar refractivity (Wildman–Crippen MR) is 57.5 cm³/mol. The van der Waals surface area contributed by atoms with Crippen molar-refractivity contribution in [3.63, 3.8) is 0 Å². The molecule has 2 heteroatoms. The van der Waals surface area contributed by atoms with Gasteiger partial charge in [-0.25, -0.2) is 0 Å². The molecule has 1 aliphatic heterocycles. The second kappa shape index (κ2) is 4.47. The molecule has 0 aliphatic carbocycles. The molecule has 0 amide bonds. The Morgan fingerprint density at radius 1 is 1.21 bits per heavy atom. The molecule has 0 atom stereocenters. The Hall–Kier alpha value is -1.02. The summed E-state index contributed by atoms with van der Waals surface area (Å²) in [6, 6.07) is 8.28. The monoisotopic (exact) mass is 191 g/mol. The van der Waals surface area contributed by atoms with E-state index in [0.29, 0.717) is 0 Å². The maximum absolute atomic E-state index is 5.33. The first-order valence-electron chi connectivity index (χ1n) is 5.24. The molecule has 0 radical (unpaired) electrons. The number of benzene rings is 1. The zero-order valence-corrected chi connectivity index (χ0v) is 8.70. The van der Waals surface area contributed by atoms with Gasteiger partial charge in [0.05, 0.1) is 7.11 Å². The Bertz CT molecular complexity index is 292. The number of rotatable bonds is 3. The zero-order chi connectivity index (χ0) is 9.80. The van der Waals surface area contributed by atoms with Crippen LogP contribution in [0.1, 0.15) is 18.4 Å². The minimum atomic E-state index is 1.01. The molecule has 0 aromatic heterocycles. The van der Waals surface area contributed by atoms with Crippen molar-refractivity contribution < 1.29 is 4.74 Å². The average Bonchev–Trinajstić information content (AvgIpc) is 2.71. The lowest BCUT2D eigenvalue weighted by molar-refractivity contribution is 0.321. The summed E-state index contributed by atoms with van der Waals surface area (Å²) in [4.78, 5) is 2.48. The van der Waals surface area contributed by atoms with Crippen LogP contribution in [0.2, 0.25) is 0 Å². The van der Waals surface area contributed by atoms with E-state index in [9.17, 15) is 0 Å². The minimum absolute atomic E-state index is 1.01. The number of methoxy groups -OCH3 is 1. The minimum Gasteiger partial charge on any atom is -0.496 e. The van der Waals surface area contributed by atoms with E-state index in [2.05, 4.69) is 17.0 Å². The molecule has 1 fully saturated rings. The number of para-hydroxylation sites is 1. The van der Waals surface area contributed by atoms with Crippen molar-refractivity contribution >= 4 is 0 Å². The van der Waals surface area contributed by atoms with Crippen molar-refractivity contribution in [1.82, 2.24) is 4.90 Å². The molecule has 1 aliphatic rings. The first-order chi connectivity index (χ1) is 6.90. The van der Waals surface area contributed by atoms with Crippen LogP contribution in [0.3, 0.4) is 0 Å². The van der Waals surface area contributed by atoms with Crippen molar-refractivity contribution in [1.29, 1.82) is 0 Å². The molecule has 1 heterocycles. The smallest absolute Gasteiger partial charge is 0.123 e. The van der Waals surface area contributed by atoms with E-state index < -0.39 is 0 Å². The Balaban J connectivity index is 2.07. The van der Waals surface area contributed by atoms with Gasteiger partial charge in [-0.1, -0.05) is 18.2 Å². The van der Waals surface area contributed by atoms with Gasteiger partial charge >= 0.3 is 0 Å². The Labute approximate surface area is 85.5 Å². The summed E-state index contributed by atoms with van der Waals surface area (Å²) in [5.74, 6) is 1.01. The summed E-state index contributed by atoms with van der Waals surface area (Å²) in [6.07, 6.45) is 2.68. The number of hydrogen-bond acceptors (Lipinski definition) is 2. The SMILES string of the molecule is COc1ccccc1CN1CCCC1. The van der Waals surface area contributed by atoms with Crippen LogP contribution in [0.15, 0.2) is 24.3 Å². The Morgan fingerprint density at radius 2 is 1.93 bits per heavy atom. The maximum atomic E-state index is 5.33. The molecular formula is C12H17NO. The van der Waals surface area contributed by atoms with Crippen LogP contribution in [-0.2, 0) is 6.54 Å². The standard InChI is InChI=1S/C12H17NO/c1-14-12-7-3-2-6-11(12)10-13-8-4-5-9-13/h2-3,6-7H,4-5,8-10H2,1H3. The summed E-state index contributed by atoms with van der Waals surface area (Å²) in [5.41, 5.74) is 1.30. The fourth-order valence-corrected chi connectivity index (χ4v) is 2.02.